The van der Waals surface area contributed by atoms with Crippen LogP contribution in [0.1, 0.15) is 46.0 Å². The molecule has 3 nitrogen and oxygen atoms in total. The monoisotopic (exact) mass is 302 g/mol. The minimum Gasteiger partial charge on any atom is -0.341 e. The van der Waals surface area contributed by atoms with Gasteiger partial charge < -0.3 is 4.90 Å². The van der Waals surface area contributed by atoms with Gasteiger partial charge >= 0.3 is 0 Å². The van der Waals surface area contributed by atoms with Crippen molar-refractivity contribution in [2.75, 3.05) is 26.2 Å². The van der Waals surface area contributed by atoms with E-state index >= 15 is 0 Å². The molecule has 0 aromatic carbocycles. The molecule has 1 saturated heterocycles. The zero-order valence-electron chi connectivity index (χ0n) is 14.1. The molecule has 0 spiro atoms. The topological polar surface area (TPSA) is 23.6 Å². The van der Waals surface area contributed by atoms with Gasteiger partial charge in [-0.3, -0.25) is 9.69 Å². The molecule has 22 heavy (non-hydrogen) atoms. The van der Waals surface area contributed by atoms with Crippen molar-refractivity contribution in [1.29, 1.82) is 0 Å². The van der Waals surface area contributed by atoms with Crippen LogP contribution in [-0.2, 0) is 4.79 Å². The second kappa shape index (κ2) is 8.94. The lowest BCUT2D eigenvalue weighted by molar-refractivity contribution is -0.135. The zero-order chi connectivity index (χ0) is 15.8. The smallest absolute Gasteiger partial charge is 0.244 e. The van der Waals surface area contributed by atoms with Crippen molar-refractivity contribution in [3.63, 3.8) is 0 Å². The van der Waals surface area contributed by atoms with Crippen molar-refractivity contribution >= 4 is 5.91 Å². The van der Waals surface area contributed by atoms with E-state index in [2.05, 4.69) is 43.1 Å². The summed E-state index contributed by atoms with van der Waals surface area (Å²) in [5, 5.41) is 0. The van der Waals surface area contributed by atoms with Gasteiger partial charge in [-0.25, -0.2) is 0 Å². The van der Waals surface area contributed by atoms with Gasteiger partial charge in [-0.2, -0.15) is 0 Å². The van der Waals surface area contributed by atoms with Crippen LogP contribution >= 0.6 is 0 Å². The number of likely N-dealkylation sites (tertiary alicyclic amines) is 1. The molecular formula is C19H30N2O. The van der Waals surface area contributed by atoms with E-state index in [-0.39, 0.29) is 6.04 Å². The Labute approximate surface area is 135 Å². The molecule has 1 amide bonds. The molecule has 1 heterocycles. The third kappa shape index (κ3) is 4.33. The maximum absolute atomic E-state index is 13.2. The van der Waals surface area contributed by atoms with Gasteiger partial charge in [0.25, 0.3) is 0 Å². The second-order valence-corrected chi connectivity index (χ2v) is 6.18. The van der Waals surface area contributed by atoms with E-state index in [1.54, 1.807) is 0 Å². The van der Waals surface area contributed by atoms with Crippen molar-refractivity contribution < 1.29 is 4.79 Å². The lowest BCUT2D eigenvalue weighted by Crippen LogP contribution is -2.51. The summed E-state index contributed by atoms with van der Waals surface area (Å²) in [7, 11) is 0. The molecule has 0 bridgehead atoms. The third-order valence-electron chi connectivity index (χ3n) is 4.55. The van der Waals surface area contributed by atoms with Crippen LogP contribution in [0.15, 0.2) is 36.0 Å². The van der Waals surface area contributed by atoms with Crippen molar-refractivity contribution in [1.82, 2.24) is 9.80 Å². The summed E-state index contributed by atoms with van der Waals surface area (Å²) in [5.41, 5.74) is 1.24. The van der Waals surface area contributed by atoms with Crippen LogP contribution in [0.5, 0.6) is 0 Å². The summed E-state index contributed by atoms with van der Waals surface area (Å²) in [4.78, 5) is 17.6. The van der Waals surface area contributed by atoms with Crippen molar-refractivity contribution in [2.24, 2.45) is 0 Å². The molecule has 1 aliphatic carbocycles. The minimum atomic E-state index is -0.0702. The molecule has 0 aromatic heterocycles. The fraction of sp³-hybridized carbons (Fsp3) is 0.632. The maximum Gasteiger partial charge on any atom is 0.244 e. The standard InChI is InChI=1S/C19H30N2O/c1-3-14-20(4-2)19(22)18(21-15-10-7-11-16-21)17-12-8-5-6-9-13-17/h5-6,8-9,12,18H,3-4,7,10-11,13-16H2,1-2H3/t18-/m0/s1. The molecule has 2 rings (SSSR count). The lowest BCUT2D eigenvalue weighted by Gasteiger charge is -2.37. The van der Waals surface area contributed by atoms with Crippen LogP contribution in [0, 0.1) is 0 Å². The van der Waals surface area contributed by atoms with E-state index in [0.29, 0.717) is 5.91 Å². The first-order valence-electron chi connectivity index (χ1n) is 8.83. The lowest BCUT2D eigenvalue weighted by atomic mass is 9.97. The highest BCUT2D eigenvalue weighted by Crippen LogP contribution is 2.23. The van der Waals surface area contributed by atoms with Crippen molar-refractivity contribution in [3.8, 4) is 0 Å². The normalized spacial score (nSPS) is 20.4. The number of carbonyl (C=O) groups excluding carboxylic acids is 1. The van der Waals surface area contributed by atoms with Crippen molar-refractivity contribution in [2.45, 2.75) is 52.0 Å². The van der Waals surface area contributed by atoms with E-state index < -0.39 is 0 Å². The average molecular weight is 302 g/mol. The summed E-state index contributed by atoms with van der Waals surface area (Å²) < 4.78 is 0. The fourth-order valence-electron chi connectivity index (χ4n) is 3.39. The minimum absolute atomic E-state index is 0.0702. The largest absolute Gasteiger partial charge is 0.341 e. The molecule has 1 atom stereocenters. The van der Waals surface area contributed by atoms with Crippen LogP contribution in [0.2, 0.25) is 0 Å². The number of likely N-dealkylation sites (N-methyl/N-ethyl adjacent to an activating group) is 1. The van der Waals surface area contributed by atoms with Gasteiger partial charge in [0.2, 0.25) is 5.91 Å². The highest BCUT2D eigenvalue weighted by atomic mass is 16.2. The number of rotatable bonds is 6. The molecule has 1 aliphatic heterocycles. The molecule has 0 radical (unpaired) electrons. The first kappa shape index (κ1) is 17.0. The highest BCUT2D eigenvalue weighted by molar-refractivity contribution is 5.85. The number of nitrogens with zero attached hydrogens (tertiary/aromatic N) is 2. The molecule has 0 unspecified atom stereocenters. The van der Waals surface area contributed by atoms with Gasteiger partial charge in [-0.15, -0.1) is 0 Å². The zero-order valence-corrected chi connectivity index (χ0v) is 14.1. The van der Waals surface area contributed by atoms with Gasteiger partial charge in [-0.1, -0.05) is 43.7 Å². The fourth-order valence-corrected chi connectivity index (χ4v) is 3.39. The number of hydrogen-bond acceptors (Lipinski definition) is 2. The van der Waals surface area contributed by atoms with E-state index in [4.69, 9.17) is 0 Å². The predicted octanol–water partition coefficient (Wildman–Crippen LogP) is 3.54. The van der Waals surface area contributed by atoms with Crippen LogP contribution in [0.25, 0.3) is 0 Å². The second-order valence-electron chi connectivity index (χ2n) is 6.18. The van der Waals surface area contributed by atoms with Gasteiger partial charge in [0, 0.05) is 13.1 Å². The summed E-state index contributed by atoms with van der Waals surface area (Å²) in [6.07, 6.45) is 16.1. The Morgan fingerprint density at radius 2 is 1.95 bits per heavy atom. The predicted molar refractivity (Wildman–Crippen MR) is 92.7 cm³/mol. The Kier molecular flexibility index (Phi) is 6.91. The van der Waals surface area contributed by atoms with E-state index in [1.807, 2.05) is 11.0 Å². The number of allylic oxidation sites excluding steroid dienone is 5. The summed E-state index contributed by atoms with van der Waals surface area (Å²) in [6, 6.07) is -0.0702. The SMILES string of the molecule is CCCN(CC)C(=O)[C@H](C1=CC=CC=CC1)N1CCCCC1. The van der Waals surface area contributed by atoms with Crippen LogP contribution in [0.3, 0.4) is 0 Å². The first-order valence-corrected chi connectivity index (χ1v) is 8.83. The van der Waals surface area contributed by atoms with E-state index in [0.717, 1.165) is 39.0 Å². The van der Waals surface area contributed by atoms with Crippen LogP contribution in [0.4, 0.5) is 0 Å². The van der Waals surface area contributed by atoms with Crippen molar-refractivity contribution in [3.05, 3.63) is 36.0 Å². The van der Waals surface area contributed by atoms with Crippen LogP contribution in [-0.4, -0.2) is 47.9 Å². The van der Waals surface area contributed by atoms with Gasteiger partial charge in [-0.05, 0) is 51.3 Å². The molecule has 3 heteroatoms. The number of amides is 1. The molecule has 1 fully saturated rings. The molecule has 0 aromatic rings. The maximum atomic E-state index is 13.2. The van der Waals surface area contributed by atoms with Gasteiger partial charge in [0.15, 0.2) is 0 Å². The summed E-state index contributed by atoms with van der Waals surface area (Å²) in [5.74, 6) is 0.293. The quantitative estimate of drug-likeness (QED) is 0.749. The number of carbonyl (C=O) groups is 1. The third-order valence-corrected chi connectivity index (χ3v) is 4.55. The van der Waals surface area contributed by atoms with Gasteiger partial charge in [0.1, 0.15) is 6.04 Å². The average Bonchev–Trinajstić information content (AvgIpc) is 2.83. The molecule has 0 N–H and O–H groups in total. The summed E-state index contributed by atoms with van der Waals surface area (Å²) in [6.45, 7) is 7.98. The van der Waals surface area contributed by atoms with E-state index in [9.17, 15) is 4.79 Å². The molecule has 0 saturated carbocycles. The Balaban J connectivity index is 2.23. The molecular weight excluding hydrogens is 272 g/mol. The Morgan fingerprint density at radius 3 is 2.64 bits per heavy atom. The number of piperidine rings is 1. The summed E-state index contributed by atoms with van der Waals surface area (Å²) >= 11 is 0. The highest BCUT2D eigenvalue weighted by Gasteiger charge is 2.32. The van der Waals surface area contributed by atoms with E-state index in [1.165, 1.54) is 24.8 Å². The number of hydrogen-bond donors (Lipinski definition) is 0. The molecule has 2 aliphatic rings. The van der Waals surface area contributed by atoms with Gasteiger partial charge in [0.05, 0.1) is 0 Å². The van der Waals surface area contributed by atoms with Crippen LogP contribution < -0.4 is 0 Å². The Bertz CT molecular complexity index is 444. The Hall–Kier alpha value is -1.35. The Morgan fingerprint density at radius 1 is 1.18 bits per heavy atom. The molecule has 122 valence electrons. The first-order chi connectivity index (χ1) is 10.8.